The van der Waals surface area contributed by atoms with Crippen molar-refractivity contribution in [2.45, 2.75) is 45.4 Å². The maximum Gasteiger partial charge on any atom is 0.146 e. The first-order valence-electron chi connectivity index (χ1n) is 7.27. The lowest BCUT2D eigenvalue weighted by atomic mass is 9.91. The molecule has 0 radical (unpaired) electrons. The lowest BCUT2D eigenvalue weighted by Crippen LogP contribution is -1.98. The molecule has 1 aromatic carbocycles. The SMILES string of the molecule is CCCCCC(C=O)=CC1=Cc2ccccc2CC1. The predicted molar refractivity (Wildman–Crippen MR) is 81.0 cm³/mol. The highest BCUT2D eigenvalue weighted by atomic mass is 16.1. The molecular formula is C18H22O. The van der Waals surface area contributed by atoms with Crippen molar-refractivity contribution in [3.63, 3.8) is 0 Å². The molecule has 1 aromatic rings. The molecule has 0 amide bonds. The Morgan fingerprint density at radius 3 is 2.84 bits per heavy atom. The van der Waals surface area contributed by atoms with Gasteiger partial charge in [0.25, 0.3) is 0 Å². The molecule has 0 fully saturated rings. The van der Waals surface area contributed by atoms with E-state index in [1.807, 2.05) is 0 Å². The third kappa shape index (κ3) is 3.92. The number of hydrogen-bond donors (Lipinski definition) is 0. The first kappa shape index (κ1) is 13.8. The van der Waals surface area contributed by atoms with E-state index in [-0.39, 0.29) is 0 Å². The van der Waals surface area contributed by atoms with E-state index >= 15 is 0 Å². The van der Waals surface area contributed by atoms with E-state index < -0.39 is 0 Å². The highest BCUT2D eigenvalue weighted by Crippen LogP contribution is 2.25. The minimum Gasteiger partial charge on any atom is -0.298 e. The van der Waals surface area contributed by atoms with Crippen LogP contribution in [-0.4, -0.2) is 6.29 Å². The number of aryl methyl sites for hydroxylation is 1. The summed E-state index contributed by atoms with van der Waals surface area (Å²) >= 11 is 0. The summed E-state index contributed by atoms with van der Waals surface area (Å²) in [6.07, 6.45) is 11.9. The Hall–Kier alpha value is -1.63. The normalized spacial score (nSPS) is 14.8. The Bertz CT molecular complexity index is 494. The lowest BCUT2D eigenvalue weighted by molar-refractivity contribution is -0.105. The third-order valence-electron chi connectivity index (χ3n) is 3.67. The molecule has 1 heteroatoms. The molecule has 1 aliphatic rings. The Morgan fingerprint density at radius 1 is 1.21 bits per heavy atom. The monoisotopic (exact) mass is 254 g/mol. The van der Waals surface area contributed by atoms with E-state index in [0.717, 1.165) is 37.5 Å². The zero-order valence-electron chi connectivity index (χ0n) is 11.7. The number of aldehydes is 1. The Balaban J connectivity index is 2.09. The number of rotatable bonds is 6. The summed E-state index contributed by atoms with van der Waals surface area (Å²) in [6.45, 7) is 2.19. The van der Waals surface area contributed by atoms with Crippen LogP contribution in [0.5, 0.6) is 0 Å². The van der Waals surface area contributed by atoms with Gasteiger partial charge in [0.1, 0.15) is 6.29 Å². The molecule has 19 heavy (non-hydrogen) atoms. The van der Waals surface area contributed by atoms with Crippen LogP contribution in [-0.2, 0) is 11.2 Å². The van der Waals surface area contributed by atoms with Crippen molar-refractivity contribution in [2.24, 2.45) is 0 Å². The van der Waals surface area contributed by atoms with Gasteiger partial charge in [0, 0.05) is 0 Å². The van der Waals surface area contributed by atoms with Crippen LogP contribution >= 0.6 is 0 Å². The van der Waals surface area contributed by atoms with Crippen LogP contribution in [0.3, 0.4) is 0 Å². The smallest absolute Gasteiger partial charge is 0.146 e. The van der Waals surface area contributed by atoms with E-state index in [1.165, 1.54) is 29.5 Å². The van der Waals surface area contributed by atoms with Gasteiger partial charge in [-0.1, -0.05) is 56.2 Å². The summed E-state index contributed by atoms with van der Waals surface area (Å²) in [5.74, 6) is 0. The van der Waals surface area contributed by atoms with E-state index in [1.54, 1.807) is 0 Å². The van der Waals surface area contributed by atoms with Gasteiger partial charge in [-0.05, 0) is 48.0 Å². The largest absolute Gasteiger partial charge is 0.298 e. The highest BCUT2D eigenvalue weighted by molar-refractivity contribution is 5.75. The standard InChI is InChI=1S/C18H22O/c1-2-3-4-7-16(14-19)12-15-10-11-17-8-5-6-9-18(17)13-15/h5-6,8-9,12-14H,2-4,7,10-11H2,1H3. The van der Waals surface area contributed by atoms with Crippen molar-refractivity contribution in [1.29, 1.82) is 0 Å². The molecule has 0 heterocycles. The van der Waals surface area contributed by atoms with Crippen molar-refractivity contribution >= 4 is 12.4 Å². The second kappa shape index (κ2) is 7.08. The molecular weight excluding hydrogens is 232 g/mol. The van der Waals surface area contributed by atoms with Crippen molar-refractivity contribution < 1.29 is 4.79 Å². The summed E-state index contributed by atoms with van der Waals surface area (Å²) in [4.78, 5) is 11.1. The molecule has 0 aliphatic heterocycles. The summed E-state index contributed by atoms with van der Waals surface area (Å²) in [7, 11) is 0. The average Bonchev–Trinajstić information content (AvgIpc) is 2.46. The van der Waals surface area contributed by atoms with Crippen molar-refractivity contribution in [1.82, 2.24) is 0 Å². The second-order valence-corrected chi connectivity index (χ2v) is 5.21. The van der Waals surface area contributed by atoms with Gasteiger partial charge in [-0.25, -0.2) is 0 Å². The highest BCUT2D eigenvalue weighted by Gasteiger charge is 2.08. The first-order chi connectivity index (χ1) is 9.33. The molecule has 0 atom stereocenters. The zero-order valence-corrected chi connectivity index (χ0v) is 11.7. The maximum absolute atomic E-state index is 11.1. The van der Waals surface area contributed by atoms with E-state index in [4.69, 9.17) is 0 Å². The van der Waals surface area contributed by atoms with Gasteiger partial charge < -0.3 is 0 Å². The molecule has 0 aromatic heterocycles. The fraction of sp³-hybridized carbons (Fsp3) is 0.389. The van der Waals surface area contributed by atoms with E-state index in [9.17, 15) is 4.79 Å². The van der Waals surface area contributed by atoms with Crippen molar-refractivity contribution in [3.05, 3.63) is 52.6 Å². The molecule has 1 nitrogen and oxygen atoms in total. The van der Waals surface area contributed by atoms with Gasteiger partial charge >= 0.3 is 0 Å². The molecule has 0 saturated heterocycles. The fourth-order valence-corrected chi connectivity index (χ4v) is 2.55. The molecule has 0 unspecified atom stereocenters. The van der Waals surface area contributed by atoms with Gasteiger partial charge in [0.05, 0.1) is 0 Å². The quantitative estimate of drug-likeness (QED) is 0.408. The summed E-state index contributed by atoms with van der Waals surface area (Å²) < 4.78 is 0. The summed E-state index contributed by atoms with van der Waals surface area (Å²) in [5.41, 5.74) is 4.95. The molecule has 0 spiro atoms. The van der Waals surface area contributed by atoms with Crippen molar-refractivity contribution in [3.8, 4) is 0 Å². The van der Waals surface area contributed by atoms with Gasteiger partial charge in [-0.15, -0.1) is 0 Å². The minimum atomic E-state index is 0.913. The number of hydrogen-bond acceptors (Lipinski definition) is 1. The molecule has 1 aliphatic carbocycles. The van der Waals surface area contributed by atoms with Crippen LogP contribution in [0, 0.1) is 0 Å². The maximum atomic E-state index is 11.1. The summed E-state index contributed by atoms with van der Waals surface area (Å²) in [5, 5.41) is 0. The van der Waals surface area contributed by atoms with Gasteiger partial charge in [-0.3, -0.25) is 4.79 Å². The number of allylic oxidation sites excluding steroid dienone is 3. The lowest BCUT2D eigenvalue weighted by Gasteiger charge is -2.14. The van der Waals surface area contributed by atoms with Crippen LogP contribution in [0.25, 0.3) is 6.08 Å². The van der Waals surface area contributed by atoms with E-state index in [2.05, 4.69) is 43.3 Å². The van der Waals surface area contributed by atoms with Crippen molar-refractivity contribution in [2.75, 3.05) is 0 Å². The number of carbonyl (C=O) groups is 1. The van der Waals surface area contributed by atoms with Crippen LogP contribution < -0.4 is 0 Å². The van der Waals surface area contributed by atoms with Crippen LogP contribution in [0.15, 0.2) is 41.5 Å². The molecule has 0 bridgehead atoms. The third-order valence-corrected chi connectivity index (χ3v) is 3.67. The Labute approximate surface area is 116 Å². The van der Waals surface area contributed by atoms with Crippen LogP contribution in [0.1, 0.15) is 50.2 Å². The number of fused-ring (bicyclic) bond motifs is 1. The Kier molecular flexibility index (Phi) is 5.14. The van der Waals surface area contributed by atoms with Crippen LogP contribution in [0.4, 0.5) is 0 Å². The van der Waals surface area contributed by atoms with Gasteiger partial charge in [0.2, 0.25) is 0 Å². The second-order valence-electron chi connectivity index (χ2n) is 5.21. The fourth-order valence-electron chi connectivity index (χ4n) is 2.55. The molecule has 0 N–H and O–H groups in total. The number of benzene rings is 1. The van der Waals surface area contributed by atoms with Gasteiger partial charge in [-0.2, -0.15) is 0 Å². The molecule has 100 valence electrons. The number of carbonyl (C=O) groups excluding carboxylic acids is 1. The average molecular weight is 254 g/mol. The topological polar surface area (TPSA) is 17.1 Å². The predicted octanol–water partition coefficient (Wildman–Crippen LogP) is 4.72. The first-order valence-corrected chi connectivity index (χ1v) is 7.27. The number of unbranched alkanes of at least 4 members (excludes halogenated alkanes) is 2. The molecule has 2 rings (SSSR count). The van der Waals surface area contributed by atoms with Crippen LogP contribution in [0.2, 0.25) is 0 Å². The zero-order chi connectivity index (χ0) is 13.5. The minimum absolute atomic E-state index is 0.913. The van der Waals surface area contributed by atoms with E-state index in [0.29, 0.717) is 0 Å². The Morgan fingerprint density at radius 2 is 2.05 bits per heavy atom. The molecule has 0 saturated carbocycles. The summed E-state index contributed by atoms with van der Waals surface area (Å²) in [6, 6.07) is 8.51. The van der Waals surface area contributed by atoms with Gasteiger partial charge in [0.15, 0.2) is 0 Å².